The van der Waals surface area contributed by atoms with Crippen LogP contribution in [0.5, 0.6) is 0 Å². The maximum Gasteiger partial charge on any atom is 0.253 e. The SMILES string of the molecule is CC(=O)Nc1cccc(NC(=O)C2CCCN(C(=O)c3ccc(Cl)cc3)C2)c1. The van der Waals surface area contributed by atoms with Crippen LogP contribution in [0.15, 0.2) is 48.5 Å². The van der Waals surface area contributed by atoms with Crippen molar-refractivity contribution in [1.29, 1.82) is 0 Å². The number of carbonyl (C=O) groups is 3. The minimum Gasteiger partial charge on any atom is -0.338 e. The monoisotopic (exact) mass is 399 g/mol. The second-order valence-corrected chi connectivity index (χ2v) is 7.28. The Labute approximate surface area is 168 Å². The highest BCUT2D eigenvalue weighted by atomic mass is 35.5. The van der Waals surface area contributed by atoms with E-state index in [1.165, 1.54) is 6.92 Å². The van der Waals surface area contributed by atoms with Gasteiger partial charge in [0.05, 0.1) is 5.92 Å². The van der Waals surface area contributed by atoms with Crippen LogP contribution >= 0.6 is 11.6 Å². The molecule has 1 aliphatic rings. The first-order valence-corrected chi connectivity index (χ1v) is 9.53. The van der Waals surface area contributed by atoms with E-state index in [1.807, 2.05) is 0 Å². The van der Waals surface area contributed by atoms with Crippen LogP contribution in [0.3, 0.4) is 0 Å². The molecule has 0 bridgehead atoms. The van der Waals surface area contributed by atoms with E-state index in [-0.39, 0.29) is 23.6 Å². The van der Waals surface area contributed by atoms with Gasteiger partial charge in [-0.1, -0.05) is 17.7 Å². The van der Waals surface area contributed by atoms with Gasteiger partial charge in [-0.15, -0.1) is 0 Å². The lowest BCUT2D eigenvalue weighted by atomic mass is 9.96. The van der Waals surface area contributed by atoms with Crippen LogP contribution in [-0.2, 0) is 9.59 Å². The Kier molecular flexibility index (Phi) is 6.31. The molecule has 1 saturated heterocycles. The number of nitrogens with zero attached hydrogens (tertiary/aromatic N) is 1. The lowest BCUT2D eigenvalue weighted by Gasteiger charge is -2.32. The molecule has 3 rings (SSSR count). The van der Waals surface area contributed by atoms with Crippen LogP contribution in [0, 0.1) is 5.92 Å². The number of rotatable bonds is 4. The second kappa shape index (κ2) is 8.89. The van der Waals surface area contributed by atoms with Crippen LogP contribution < -0.4 is 10.6 Å². The van der Waals surface area contributed by atoms with Crippen molar-refractivity contribution in [3.63, 3.8) is 0 Å². The zero-order chi connectivity index (χ0) is 20.1. The summed E-state index contributed by atoms with van der Waals surface area (Å²) in [6.45, 7) is 2.43. The summed E-state index contributed by atoms with van der Waals surface area (Å²) in [5.41, 5.74) is 1.79. The van der Waals surface area contributed by atoms with Crippen molar-refractivity contribution in [3.05, 3.63) is 59.1 Å². The zero-order valence-corrected chi connectivity index (χ0v) is 16.3. The van der Waals surface area contributed by atoms with Gasteiger partial charge in [-0.2, -0.15) is 0 Å². The normalized spacial score (nSPS) is 16.4. The summed E-state index contributed by atoms with van der Waals surface area (Å²) in [6.07, 6.45) is 1.49. The number of amides is 3. The van der Waals surface area contributed by atoms with E-state index in [0.29, 0.717) is 35.1 Å². The van der Waals surface area contributed by atoms with Gasteiger partial charge in [0, 0.05) is 42.0 Å². The molecular formula is C21H22ClN3O3. The highest BCUT2D eigenvalue weighted by molar-refractivity contribution is 6.30. The Hall–Kier alpha value is -2.86. The number of nitrogens with one attached hydrogen (secondary N) is 2. The van der Waals surface area contributed by atoms with E-state index in [0.717, 1.165) is 12.8 Å². The molecule has 1 unspecified atom stereocenters. The molecule has 0 aliphatic carbocycles. The summed E-state index contributed by atoms with van der Waals surface area (Å²) in [6, 6.07) is 13.8. The molecule has 6 nitrogen and oxygen atoms in total. The lowest BCUT2D eigenvalue weighted by molar-refractivity contribution is -0.121. The lowest BCUT2D eigenvalue weighted by Crippen LogP contribution is -2.43. The molecule has 28 heavy (non-hydrogen) atoms. The van der Waals surface area contributed by atoms with Crippen molar-refractivity contribution in [3.8, 4) is 0 Å². The number of benzene rings is 2. The fraction of sp³-hybridized carbons (Fsp3) is 0.286. The third-order valence-corrected chi connectivity index (χ3v) is 4.87. The summed E-state index contributed by atoms with van der Waals surface area (Å²) in [5.74, 6) is -0.683. The highest BCUT2D eigenvalue weighted by Crippen LogP contribution is 2.22. The van der Waals surface area contributed by atoms with Gasteiger partial charge in [0.1, 0.15) is 0 Å². The number of anilines is 2. The number of carbonyl (C=O) groups excluding carboxylic acids is 3. The van der Waals surface area contributed by atoms with E-state index in [4.69, 9.17) is 11.6 Å². The first kappa shape index (κ1) is 19.9. The van der Waals surface area contributed by atoms with E-state index >= 15 is 0 Å². The predicted molar refractivity (Wildman–Crippen MR) is 109 cm³/mol. The summed E-state index contributed by atoms with van der Waals surface area (Å²) in [5, 5.41) is 6.15. The standard InChI is InChI=1S/C21H22ClN3O3/c1-14(26)23-18-5-2-6-19(12-18)24-20(27)16-4-3-11-25(13-16)21(28)15-7-9-17(22)10-8-15/h2,5-10,12,16H,3-4,11,13H2,1H3,(H,23,26)(H,24,27). The first-order valence-electron chi connectivity index (χ1n) is 9.16. The van der Waals surface area contributed by atoms with Crippen molar-refractivity contribution in [2.24, 2.45) is 5.92 Å². The van der Waals surface area contributed by atoms with Gasteiger partial charge in [0.25, 0.3) is 5.91 Å². The molecule has 1 atom stereocenters. The molecule has 7 heteroatoms. The van der Waals surface area contributed by atoms with Crippen molar-refractivity contribution >= 4 is 40.7 Å². The molecular weight excluding hydrogens is 378 g/mol. The van der Waals surface area contributed by atoms with Crippen LogP contribution in [0.2, 0.25) is 5.02 Å². The first-order chi connectivity index (χ1) is 13.4. The van der Waals surface area contributed by atoms with Gasteiger partial charge >= 0.3 is 0 Å². The maximum absolute atomic E-state index is 12.7. The Morgan fingerprint density at radius 3 is 2.39 bits per heavy atom. The second-order valence-electron chi connectivity index (χ2n) is 6.85. The predicted octanol–water partition coefficient (Wildman–Crippen LogP) is 3.79. The Bertz CT molecular complexity index is 883. The van der Waals surface area contributed by atoms with Gasteiger partial charge in [0.15, 0.2) is 0 Å². The van der Waals surface area contributed by atoms with Gasteiger partial charge in [-0.05, 0) is 55.3 Å². The van der Waals surface area contributed by atoms with Gasteiger partial charge < -0.3 is 15.5 Å². The quantitative estimate of drug-likeness (QED) is 0.820. The van der Waals surface area contributed by atoms with E-state index in [2.05, 4.69) is 10.6 Å². The molecule has 0 radical (unpaired) electrons. The molecule has 3 amide bonds. The third-order valence-electron chi connectivity index (χ3n) is 4.62. The zero-order valence-electron chi connectivity index (χ0n) is 15.6. The van der Waals surface area contributed by atoms with E-state index in [9.17, 15) is 14.4 Å². The molecule has 0 spiro atoms. The largest absolute Gasteiger partial charge is 0.338 e. The van der Waals surface area contributed by atoms with Gasteiger partial charge in [-0.3, -0.25) is 14.4 Å². The van der Waals surface area contributed by atoms with E-state index < -0.39 is 0 Å². The molecule has 2 aromatic carbocycles. The smallest absolute Gasteiger partial charge is 0.253 e. The molecule has 1 aliphatic heterocycles. The number of piperidine rings is 1. The van der Waals surface area contributed by atoms with Crippen molar-refractivity contribution < 1.29 is 14.4 Å². The Morgan fingerprint density at radius 1 is 1.04 bits per heavy atom. The van der Waals surface area contributed by atoms with Crippen molar-refractivity contribution in [1.82, 2.24) is 4.90 Å². The van der Waals surface area contributed by atoms with Crippen LogP contribution in [0.4, 0.5) is 11.4 Å². The molecule has 2 aromatic rings. The number of hydrogen-bond acceptors (Lipinski definition) is 3. The maximum atomic E-state index is 12.7. The minimum atomic E-state index is -0.283. The van der Waals surface area contributed by atoms with Crippen LogP contribution in [-0.4, -0.2) is 35.7 Å². The molecule has 146 valence electrons. The molecule has 2 N–H and O–H groups in total. The molecule has 0 saturated carbocycles. The van der Waals surface area contributed by atoms with E-state index in [1.54, 1.807) is 53.4 Å². The number of hydrogen-bond donors (Lipinski definition) is 2. The van der Waals surface area contributed by atoms with Gasteiger partial charge in [0.2, 0.25) is 11.8 Å². The van der Waals surface area contributed by atoms with Crippen molar-refractivity contribution in [2.75, 3.05) is 23.7 Å². The Morgan fingerprint density at radius 2 is 1.71 bits per heavy atom. The topological polar surface area (TPSA) is 78.5 Å². The van der Waals surface area contributed by atoms with Crippen LogP contribution in [0.25, 0.3) is 0 Å². The summed E-state index contributed by atoms with van der Waals surface area (Å²) < 4.78 is 0. The average Bonchev–Trinajstić information content (AvgIpc) is 2.68. The third kappa shape index (κ3) is 5.10. The Balaban J connectivity index is 1.63. The summed E-state index contributed by atoms with van der Waals surface area (Å²) in [4.78, 5) is 38.3. The number of halogens is 1. The molecule has 1 fully saturated rings. The fourth-order valence-electron chi connectivity index (χ4n) is 3.27. The van der Waals surface area contributed by atoms with Crippen LogP contribution in [0.1, 0.15) is 30.1 Å². The summed E-state index contributed by atoms with van der Waals surface area (Å²) >= 11 is 5.88. The van der Waals surface area contributed by atoms with Crippen molar-refractivity contribution in [2.45, 2.75) is 19.8 Å². The number of likely N-dealkylation sites (tertiary alicyclic amines) is 1. The highest BCUT2D eigenvalue weighted by Gasteiger charge is 2.29. The summed E-state index contributed by atoms with van der Waals surface area (Å²) in [7, 11) is 0. The van der Waals surface area contributed by atoms with Gasteiger partial charge in [-0.25, -0.2) is 0 Å². The fourth-order valence-corrected chi connectivity index (χ4v) is 3.40. The molecule has 1 heterocycles. The average molecular weight is 400 g/mol. The molecule has 0 aromatic heterocycles. The minimum absolute atomic E-state index is 0.0955.